The average molecular weight is 522 g/mol. The Morgan fingerprint density at radius 1 is 1.08 bits per heavy atom. The number of fused-ring (bicyclic) bond motifs is 3. The molecule has 9 heteroatoms. The van der Waals surface area contributed by atoms with Crippen molar-refractivity contribution in [3.05, 3.63) is 78.4 Å². The van der Waals surface area contributed by atoms with Gasteiger partial charge in [0.2, 0.25) is 5.91 Å². The van der Waals surface area contributed by atoms with Gasteiger partial charge in [0.25, 0.3) is 0 Å². The molecule has 0 radical (unpaired) electrons. The highest BCUT2D eigenvalue weighted by Crippen LogP contribution is 2.38. The number of para-hydroxylation sites is 1. The lowest BCUT2D eigenvalue weighted by molar-refractivity contribution is -0.138. The van der Waals surface area contributed by atoms with E-state index in [9.17, 15) is 14.7 Å². The van der Waals surface area contributed by atoms with Crippen molar-refractivity contribution in [2.24, 2.45) is 5.92 Å². The summed E-state index contributed by atoms with van der Waals surface area (Å²) in [6.07, 6.45) is 4.10. The number of aryl methyl sites for hydroxylation is 2. The van der Waals surface area contributed by atoms with Crippen LogP contribution in [0, 0.1) is 19.8 Å². The molecule has 5 aromatic rings. The first-order chi connectivity index (χ1) is 18.9. The van der Waals surface area contributed by atoms with Crippen LogP contribution >= 0.6 is 0 Å². The van der Waals surface area contributed by atoms with Crippen LogP contribution < -0.4 is 10.2 Å². The van der Waals surface area contributed by atoms with Gasteiger partial charge in [0.1, 0.15) is 23.0 Å². The lowest BCUT2D eigenvalue weighted by Gasteiger charge is -2.22. The summed E-state index contributed by atoms with van der Waals surface area (Å²) < 4.78 is 6.08. The minimum absolute atomic E-state index is 0.163. The highest BCUT2D eigenvalue weighted by molar-refractivity contribution is 6.06. The maximum atomic E-state index is 12.9. The zero-order chi connectivity index (χ0) is 27.1. The van der Waals surface area contributed by atoms with Gasteiger partial charge >= 0.3 is 5.97 Å². The standard InChI is InChI=1S/C30H27N5O4/c1-17-11-12-31-15-23(17)20-7-9-21(10-8-20)34-26(36)14-19-13-24(30(37)38)35(16-19)29-28-27(32-18(2)33-29)22-5-3-4-6-25(22)39-28/h3-12,15,19,24H,13-14,16H2,1-2H3,(H,34,36)(H,37,38)/t19-,24+/m1/s1. The molecular formula is C30H27N5O4. The van der Waals surface area contributed by atoms with E-state index in [1.165, 1.54) is 0 Å². The second-order valence-corrected chi connectivity index (χ2v) is 10.00. The van der Waals surface area contributed by atoms with E-state index in [0.29, 0.717) is 47.0 Å². The quantitative estimate of drug-likeness (QED) is 0.306. The molecule has 6 rings (SSSR count). The molecule has 1 aliphatic heterocycles. The van der Waals surface area contributed by atoms with Crippen molar-refractivity contribution < 1.29 is 19.1 Å². The van der Waals surface area contributed by atoms with Gasteiger partial charge in [0.15, 0.2) is 11.4 Å². The first kappa shape index (κ1) is 24.5. The Morgan fingerprint density at radius 2 is 1.87 bits per heavy atom. The van der Waals surface area contributed by atoms with E-state index in [4.69, 9.17) is 4.42 Å². The van der Waals surface area contributed by atoms with Crippen molar-refractivity contribution in [2.45, 2.75) is 32.7 Å². The molecule has 1 amide bonds. The van der Waals surface area contributed by atoms with Crippen LogP contribution in [0.5, 0.6) is 0 Å². The average Bonchev–Trinajstić information content (AvgIpc) is 3.51. The number of carboxylic acid groups (broad SMARTS) is 1. The molecule has 0 spiro atoms. The van der Waals surface area contributed by atoms with Crippen molar-refractivity contribution >= 4 is 45.5 Å². The van der Waals surface area contributed by atoms with Gasteiger partial charge in [-0.05, 0) is 67.6 Å². The summed E-state index contributed by atoms with van der Waals surface area (Å²) in [7, 11) is 0. The molecule has 4 heterocycles. The molecule has 9 nitrogen and oxygen atoms in total. The second-order valence-electron chi connectivity index (χ2n) is 10.00. The number of aliphatic carboxylic acids is 1. The van der Waals surface area contributed by atoms with Crippen LogP contribution in [-0.2, 0) is 9.59 Å². The van der Waals surface area contributed by atoms with Crippen molar-refractivity contribution in [1.29, 1.82) is 0 Å². The van der Waals surface area contributed by atoms with Gasteiger partial charge in [0.05, 0.1) is 0 Å². The van der Waals surface area contributed by atoms with Crippen LogP contribution in [0.3, 0.4) is 0 Å². The number of carboxylic acids is 1. The number of rotatable bonds is 6. The van der Waals surface area contributed by atoms with Gasteiger partial charge in [-0.1, -0.05) is 24.3 Å². The first-order valence-corrected chi connectivity index (χ1v) is 12.8. The Bertz CT molecular complexity index is 1710. The summed E-state index contributed by atoms with van der Waals surface area (Å²) in [5, 5.41) is 13.8. The first-order valence-electron chi connectivity index (χ1n) is 12.8. The monoisotopic (exact) mass is 521 g/mol. The van der Waals surface area contributed by atoms with E-state index >= 15 is 0 Å². The zero-order valence-electron chi connectivity index (χ0n) is 21.6. The molecule has 2 N–H and O–H groups in total. The fraction of sp³-hybridized carbons (Fsp3) is 0.233. The molecular weight excluding hydrogens is 494 g/mol. The number of nitrogens with zero attached hydrogens (tertiary/aromatic N) is 4. The maximum Gasteiger partial charge on any atom is 0.326 e. The van der Waals surface area contributed by atoms with E-state index in [1.807, 2.05) is 67.7 Å². The van der Waals surface area contributed by atoms with Crippen molar-refractivity contribution in [3.63, 3.8) is 0 Å². The molecule has 0 aliphatic carbocycles. The van der Waals surface area contributed by atoms with Crippen LogP contribution in [-0.4, -0.2) is 44.5 Å². The van der Waals surface area contributed by atoms with Gasteiger partial charge < -0.3 is 19.7 Å². The smallest absolute Gasteiger partial charge is 0.326 e. The largest absolute Gasteiger partial charge is 0.480 e. The summed E-state index contributed by atoms with van der Waals surface area (Å²) in [5.41, 5.74) is 5.65. The fourth-order valence-corrected chi connectivity index (χ4v) is 5.39. The normalized spacial score (nSPS) is 17.1. The summed E-state index contributed by atoms with van der Waals surface area (Å²) in [5.74, 6) is -0.313. The number of anilines is 2. The highest BCUT2D eigenvalue weighted by Gasteiger charge is 2.40. The van der Waals surface area contributed by atoms with Crippen LogP contribution in [0.15, 0.2) is 71.4 Å². The zero-order valence-corrected chi connectivity index (χ0v) is 21.6. The Labute approximate surface area is 224 Å². The van der Waals surface area contributed by atoms with Crippen LogP contribution in [0.2, 0.25) is 0 Å². The van der Waals surface area contributed by atoms with E-state index < -0.39 is 12.0 Å². The molecule has 196 valence electrons. The van der Waals surface area contributed by atoms with Gasteiger partial charge in [-0.3, -0.25) is 9.78 Å². The summed E-state index contributed by atoms with van der Waals surface area (Å²) in [6.45, 7) is 4.18. The Kier molecular flexibility index (Phi) is 6.18. The number of pyridine rings is 1. The topological polar surface area (TPSA) is 121 Å². The highest BCUT2D eigenvalue weighted by atomic mass is 16.4. The SMILES string of the molecule is Cc1nc(N2C[C@@H](CC(=O)Nc3ccc(-c4cnccc4C)cc3)C[C@H]2C(=O)O)c2oc3ccccc3c2n1. The van der Waals surface area contributed by atoms with Crippen LogP contribution in [0.1, 0.15) is 24.2 Å². The predicted octanol–water partition coefficient (Wildman–Crippen LogP) is 5.36. The van der Waals surface area contributed by atoms with E-state index in [-0.39, 0.29) is 18.2 Å². The molecule has 1 aliphatic rings. The summed E-state index contributed by atoms with van der Waals surface area (Å²) in [4.78, 5) is 40.3. The third-order valence-corrected chi connectivity index (χ3v) is 7.25. The molecule has 3 aromatic heterocycles. The van der Waals surface area contributed by atoms with Gasteiger partial charge in [-0.25, -0.2) is 14.8 Å². The van der Waals surface area contributed by atoms with Crippen LogP contribution in [0.4, 0.5) is 11.5 Å². The van der Waals surface area contributed by atoms with Gasteiger partial charge in [-0.2, -0.15) is 0 Å². The van der Waals surface area contributed by atoms with Crippen molar-refractivity contribution in [2.75, 3.05) is 16.8 Å². The van der Waals surface area contributed by atoms with Crippen LogP contribution in [0.25, 0.3) is 33.2 Å². The minimum Gasteiger partial charge on any atom is -0.480 e. The second kappa shape index (κ2) is 9.83. The summed E-state index contributed by atoms with van der Waals surface area (Å²) in [6, 6.07) is 16.3. The van der Waals surface area contributed by atoms with Gasteiger partial charge in [-0.15, -0.1) is 0 Å². The number of carbonyl (C=O) groups is 2. The lowest BCUT2D eigenvalue weighted by Crippen LogP contribution is -2.36. The molecule has 0 unspecified atom stereocenters. The number of furan rings is 1. The number of hydrogen-bond donors (Lipinski definition) is 2. The van der Waals surface area contributed by atoms with Crippen molar-refractivity contribution in [1.82, 2.24) is 15.0 Å². The molecule has 2 aromatic carbocycles. The Hall–Kier alpha value is -4.79. The minimum atomic E-state index is -0.959. The third-order valence-electron chi connectivity index (χ3n) is 7.25. The predicted molar refractivity (Wildman–Crippen MR) is 149 cm³/mol. The number of amides is 1. The van der Waals surface area contributed by atoms with E-state index in [1.54, 1.807) is 18.0 Å². The molecule has 1 saturated heterocycles. The lowest BCUT2D eigenvalue weighted by atomic mass is 10.0. The number of carbonyl (C=O) groups excluding carboxylic acids is 1. The van der Waals surface area contributed by atoms with Gasteiger partial charge in [0, 0.05) is 42.0 Å². The fourth-order valence-electron chi connectivity index (χ4n) is 5.39. The maximum absolute atomic E-state index is 12.9. The Morgan fingerprint density at radius 3 is 2.64 bits per heavy atom. The number of benzene rings is 2. The molecule has 1 fully saturated rings. The molecule has 0 bridgehead atoms. The number of nitrogens with one attached hydrogen (secondary N) is 1. The van der Waals surface area contributed by atoms with Crippen molar-refractivity contribution in [3.8, 4) is 11.1 Å². The van der Waals surface area contributed by atoms with E-state index in [2.05, 4.69) is 20.3 Å². The molecule has 0 saturated carbocycles. The molecule has 2 atom stereocenters. The number of hydrogen-bond acceptors (Lipinski definition) is 7. The molecule has 39 heavy (non-hydrogen) atoms. The van der Waals surface area contributed by atoms with E-state index in [0.717, 1.165) is 22.1 Å². The third kappa shape index (κ3) is 4.67. The number of aromatic nitrogens is 3. The Balaban J connectivity index is 1.20. The summed E-state index contributed by atoms with van der Waals surface area (Å²) >= 11 is 0.